The van der Waals surface area contributed by atoms with Crippen LogP contribution in [0.3, 0.4) is 0 Å². The van der Waals surface area contributed by atoms with Crippen LogP contribution in [0.5, 0.6) is 23.0 Å². The Labute approximate surface area is 319 Å². The van der Waals surface area contributed by atoms with Crippen LogP contribution in [-0.2, 0) is 12.8 Å². The lowest BCUT2D eigenvalue weighted by atomic mass is 9.93. The zero-order valence-electron chi connectivity index (χ0n) is 33.7. The Morgan fingerprint density at radius 3 is 1.30 bits per heavy atom. The second-order valence-electron chi connectivity index (χ2n) is 15.4. The van der Waals surface area contributed by atoms with Crippen molar-refractivity contribution in [3.8, 4) is 34.1 Å². The second kappa shape index (κ2) is 15.9. The number of aryl methyl sites for hydroxylation is 2. The van der Waals surface area contributed by atoms with Gasteiger partial charge in [0.05, 0.1) is 47.4 Å². The number of phenols is 2. The summed E-state index contributed by atoms with van der Waals surface area (Å²) < 4.78 is 11.8. The highest BCUT2D eigenvalue weighted by Gasteiger charge is 2.26. The first kappa shape index (κ1) is 38.4. The van der Waals surface area contributed by atoms with Crippen LogP contribution in [0.4, 0.5) is 0 Å². The highest BCUT2D eigenvalue weighted by atomic mass is 16.5. The molecule has 2 heterocycles. The SMILES string of the molecule is COc1ccc2c([nH]c3c(-c4c(O)c(C)cc5c4[nH]c4c(C/C=C(\C)CCC=C(C)C)c(OC)ccc45)c(O)c(C)cc32)c1C/C=C(\C)CCC=C(C)C. The Hall–Kier alpha value is -5.36. The zero-order chi connectivity index (χ0) is 38.8. The number of allylic oxidation sites excluding steroid dienone is 8. The Morgan fingerprint density at radius 1 is 0.556 bits per heavy atom. The topological polar surface area (TPSA) is 90.5 Å². The number of nitrogens with one attached hydrogen (secondary N) is 2. The van der Waals surface area contributed by atoms with E-state index in [2.05, 4.69) is 87.9 Å². The van der Waals surface area contributed by atoms with Crippen molar-refractivity contribution >= 4 is 43.6 Å². The largest absolute Gasteiger partial charge is 0.507 e. The highest BCUT2D eigenvalue weighted by molar-refractivity contribution is 6.20. The Morgan fingerprint density at radius 2 is 0.944 bits per heavy atom. The standard InChI is InChI=1S/C48H56N2O4/c1-27(2)13-11-15-29(5)17-19-35-39(53-9)23-21-33-37-25-31(7)47(51)41(45(37)49-43(33)35)42-46-38(26-32(8)48(42)52)34-22-24-40(54-10)36(44(34)50-46)20-18-30(6)16-12-14-28(3)4/h13-14,17-18,21-26,49-52H,11-12,15-16,19-20H2,1-10H3/b29-17+,30-18+. The van der Waals surface area contributed by atoms with Crippen molar-refractivity contribution in [2.45, 2.75) is 93.9 Å². The molecule has 0 bridgehead atoms. The van der Waals surface area contributed by atoms with Crippen molar-refractivity contribution in [3.05, 3.63) is 105 Å². The lowest BCUT2D eigenvalue weighted by molar-refractivity contribution is 0.411. The quantitative estimate of drug-likeness (QED) is 0.0893. The summed E-state index contributed by atoms with van der Waals surface area (Å²) in [5, 5.41) is 28.0. The fraction of sp³-hybridized carbons (Fsp3) is 0.333. The number of phenolic OH excluding ortho intramolecular Hbond substituents is 2. The van der Waals surface area contributed by atoms with Gasteiger partial charge in [0.25, 0.3) is 0 Å². The van der Waals surface area contributed by atoms with E-state index in [1.165, 1.54) is 22.3 Å². The minimum atomic E-state index is 0.131. The van der Waals surface area contributed by atoms with Gasteiger partial charge in [0.1, 0.15) is 23.0 Å². The molecule has 6 nitrogen and oxygen atoms in total. The lowest BCUT2D eigenvalue weighted by Crippen LogP contribution is -1.93. The second-order valence-corrected chi connectivity index (χ2v) is 15.4. The molecule has 6 heteroatoms. The van der Waals surface area contributed by atoms with E-state index in [-0.39, 0.29) is 11.5 Å². The predicted molar refractivity (Wildman–Crippen MR) is 229 cm³/mol. The first-order valence-corrected chi connectivity index (χ1v) is 19.1. The van der Waals surface area contributed by atoms with E-state index in [0.717, 1.165) is 103 Å². The molecular weight excluding hydrogens is 669 g/mol. The number of ether oxygens (including phenoxy) is 2. The van der Waals surface area contributed by atoms with Crippen LogP contribution in [0.2, 0.25) is 0 Å². The third-order valence-electron chi connectivity index (χ3n) is 10.8. The van der Waals surface area contributed by atoms with Gasteiger partial charge in [0.15, 0.2) is 0 Å². The van der Waals surface area contributed by atoms with Crippen LogP contribution >= 0.6 is 0 Å². The number of benzene rings is 4. The number of fused-ring (bicyclic) bond motifs is 6. The molecule has 6 rings (SSSR count). The molecule has 0 aliphatic carbocycles. The van der Waals surface area contributed by atoms with Crippen molar-refractivity contribution < 1.29 is 19.7 Å². The maximum atomic E-state index is 12.0. The summed E-state index contributed by atoms with van der Waals surface area (Å²) in [7, 11) is 3.42. The predicted octanol–water partition coefficient (Wildman–Crippen LogP) is 13.1. The molecule has 54 heavy (non-hydrogen) atoms. The van der Waals surface area contributed by atoms with E-state index in [1.807, 2.05) is 38.1 Å². The summed E-state index contributed by atoms with van der Waals surface area (Å²) in [6.07, 6.45) is 14.6. The number of hydrogen-bond acceptors (Lipinski definition) is 4. The normalized spacial score (nSPS) is 12.3. The summed E-state index contributed by atoms with van der Waals surface area (Å²) in [6, 6.07) is 12.3. The minimum absolute atomic E-state index is 0.131. The van der Waals surface area contributed by atoms with Gasteiger partial charge in [-0.05, 0) is 141 Å². The molecule has 0 fully saturated rings. The zero-order valence-corrected chi connectivity index (χ0v) is 33.7. The average molecular weight is 725 g/mol. The first-order valence-electron chi connectivity index (χ1n) is 19.1. The van der Waals surface area contributed by atoms with Crippen molar-refractivity contribution in [1.29, 1.82) is 0 Å². The van der Waals surface area contributed by atoms with Gasteiger partial charge in [-0.1, -0.05) is 46.6 Å². The van der Waals surface area contributed by atoms with Crippen LogP contribution in [0.25, 0.3) is 54.7 Å². The van der Waals surface area contributed by atoms with Gasteiger partial charge in [-0.3, -0.25) is 0 Å². The number of aromatic nitrogens is 2. The number of aromatic amines is 2. The summed E-state index contributed by atoms with van der Waals surface area (Å²) in [4.78, 5) is 7.47. The molecule has 0 saturated heterocycles. The number of hydrogen-bond donors (Lipinski definition) is 4. The molecule has 0 radical (unpaired) electrons. The molecule has 2 aromatic heterocycles. The molecule has 0 spiro atoms. The Kier molecular flexibility index (Phi) is 11.3. The minimum Gasteiger partial charge on any atom is -0.507 e. The molecule has 0 aliphatic rings. The van der Waals surface area contributed by atoms with Crippen molar-refractivity contribution in [2.75, 3.05) is 14.2 Å². The maximum Gasteiger partial charge on any atom is 0.128 e. The van der Waals surface area contributed by atoms with Gasteiger partial charge in [0, 0.05) is 32.7 Å². The lowest BCUT2D eigenvalue weighted by Gasteiger charge is -2.14. The van der Waals surface area contributed by atoms with Gasteiger partial charge in [-0.2, -0.15) is 0 Å². The first-order chi connectivity index (χ1) is 25.8. The summed E-state index contributed by atoms with van der Waals surface area (Å²) >= 11 is 0. The molecule has 282 valence electrons. The number of rotatable bonds is 13. The van der Waals surface area contributed by atoms with Crippen LogP contribution < -0.4 is 9.47 Å². The van der Waals surface area contributed by atoms with Gasteiger partial charge in [-0.25, -0.2) is 0 Å². The summed E-state index contributed by atoms with van der Waals surface area (Å²) in [5.74, 6) is 1.88. The van der Waals surface area contributed by atoms with Crippen molar-refractivity contribution in [3.63, 3.8) is 0 Å². The van der Waals surface area contributed by atoms with Crippen LogP contribution in [-0.4, -0.2) is 34.4 Å². The van der Waals surface area contributed by atoms with Crippen molar-refractivity contribution in [2.24, 2.45) is 0 Å². The maximum absolute atomic E-state index is 12.0. The van der Waals surface area contributed by atoms with E-state index < -0.39 is 0 Å². The Balaban J connectivity index is 1.57. The number of H-pyrrole nitrogens is 2. The van der Waals surface area contributed by atoms with Crippen LogP contribution in [0, 0.1) is 13.8 Å². The van der Waals surface area contributed by atoms with E-state index >= 15 is 0 Å². The molecule has 0 atom stereocenters. The van der Waals surface area contributed by atoms with Gasteiger partial charge in [-0.15, -0.1) is 0 Å². The summed E-state index contributed by atoms with van der Waals surface area (Å²) in [6.45, 7) is 16.8. The molecule has 0 unspecified atom stereocenters. The molecule has 6 aromatic rings. The Bertz CT molecular complexity index is 2330. The van der Waals surface area contributed by atoms with E-state index in [1.54, 1.807) is 14.2 Å². The highest BCUT2D eigenvalue weighted by Crippen LogP contribution is 2.50. The summed E-state index contributed by atoms with van der Waals surface area (Å²) in [5.41, 5.74) is 13.5. The van der Waals surface area contributed by atoms with Gasteiger partial charge >= 0.3 is 0 Å². The third-order valence-corrected chi connectivity index (χ3v) is 10.8. The van der Waals surface area contributed by atoms with E-state index in [4.69, 9.17) is 9.47 Å². The van der Waals surface area contributed by atoms with Crippen molar-refractivity contribution in [1.82, 2.24) is 9.97 Å². The van der Waals surface area contributed by atoms with Gasteiger partial charge in [0.2, 0.25) is 0 Å². The molecule has 4 N–H and O–H groups in total. The fourth-order valence-corrected chi connectivity index (χ4v) is 7.75. The smallest absolute Gasteiger partial charge is 0.128 e. The molecule has 0 amide bonds. The van der Waals surface area contributed by atoms with Crippen LogP contribution in [0.1, 0.15) is 89.5 Å². The molecular formula is C48H56N2O4. The molecule has 0 aliphatic heterocycles. The van der Waals surface area contributed by atoms with E-state index in [0.29, 0.717) is 24.0 Å². The number of aromatic hydroxyl groups is 2. The molecule has 4 aromatic carbocycles. The molecule has 0 saturated carbocycles. The van der Waals surface area contributed by atoms with Gasteiger partial charge < -0.3 is 29.7 Å². The van der Waals surface area contributed by atoms with E-state index in [9.17, 15) is 10.2 Å². The fourth-order valence-electron chi connectivity index (χ4n) is 7.75. The third kappa shape index (κ3) is 7.39. The monoisotopic (exact) mass is 724 g/mol. The number of methoxy groups -OCH3 is 2. The van der Waals surface area contributed by atoms with Crippen LogP contribution in [0.15, 0.2) is 83.0 Å². The average Bonchev–Trinajstić information content (AvgIpc) is 3.68.